The van der Waals surface area contributed by atoms with Crippen molar-refractivity contribution < 1.29 is 14.6 Å². The van der Waals surface area contributed by atoms with Crippen LogP contribution in [0.2, 0.25) is 0 Å². The average molecular weight is 342 g/mol. The molecular weight excluding hydrogens is 316 g/mol. The molecule has 0 unspecified atom stereocenters. The molecule has 1 heterocycles. The zero-order chi connectivity index (χ0) is 17.5. The molecule has 2 aromatic rings. The fraction of sp³-hybridized carbons (Fsp3) is 0.450. The predicted molar refractivity (Wildman–Crippen MR) is 96.7 cm³/mol. The van der Waals surface area contributed by atoms with Crippen molar-refractivity contribution in [2.45, 2.75) is 44.4 Å². The molecule has 1 saturated carbocycles. The van der Waals surface area contributed by atoms with Gasteiger partial charge in [0.25, 0.3) is 0 Å². The Balaban J connectivity index is 1.63. The Kier molecular flexibility index (Phi) is 5.89. The van der Waals surface area contributed by atoms with Gasteiger partial charge in [-0.1, -0.05) is 18.9 Å². The van der Waals surface area contributed by atoms with Crippen LogP contribution in [-0.4, -0.2) is 29.3 Å². The average Bonchev–Trinajstić information content (AvgIpc) is 3.08. The highest BCUT2D eigenvalue weighted by molar-refractivity contribution is 5.40. The summed E-state index contributed by atoms with van der Waals surface area (Å²) in [5, 5.41) is 13.8. The van der Waals surface area contributed by atoms with Gasteiger partial charge in [-0.15, -0.1) is 0 Å². The van der Waals surface area contributed by atoms with Crippen LogP contribution in [0.15, 0.2) is 42.6 Å². The molecule has 0 amide bonds. The summed E-state index contributed by atoms with van der Waals surface area (Å²) in [6.07, 6.45) is 5.73. The van der Waals surface area contributed by atoms with Gasteiger partial charge in [-0.2, -0.15) is 0 Å². The molecule has 1 aliphatic rings. The SMILES string of the molecule is COc1ccc(OCc2ccccn2)c(CNCC2(O)CCCC2)c1. The third-order valence-electron chi connectivity index (χ3n) is 4.67. The van der Waals surface area contributed by atoms with Gasteiger partial charge in [-0.3, -0.25) is 4.98 Å². The largest absolute Gasteiger partial charge is 0.497 e. The molecule has 3 rings (SSSR count). The van der Waals surface area contributed by atoms with Crippen LogP contribution in [-0.2, 0) is 13.2 Å². The molecule has 134 valence electrons. The first kappa shape index (κ1) is 17.7. The number of hydrogen-bond donors (Lipinski definition) is 2. The van der Waals surface area contributed by atoms with Crippen LogP contribution in [0.3, 0.4) is 0 Å². The lowest BCUT2D eigenvalue weighted by Crippen LogP contribution is -2.37. The van der Waals surface area contributed by atoms with Gasteiger partial charge in [-0.05, 0) is 43.2 Å². The Hall–Kier alpha value is -2.11. The highest BCUT2D eigenvalue weighted by atomic mass is 16.5. The molecule has 0 aliphatic heterocycles. The number of nitrogens with one attached hydrogen (secondary N) is 1. The molecule has 0 saturated heterocycles. The van der Waals surface area contributed by atoms with Gasteiger partial charge in [0.1, 0.15) is 18.1 Å². The lowest BCUT2D eigenvalue weighted by atomic mass is 10.0. The van der Waals surface area contributed by atoms with Crippen molar-refractivity contribution in [3.63, 3.8) is 0 Å². The fourth-order valence-electron chi connectivity index (χ4n) is 3.24. The second-order valence-corrected chi connectivity index (χ2v) is 6.62. The second-order valence-electron chi connectivity index (χ2n) is 6.62. The molecule has 0 spiro atoms. The maximum Gasteiger partial charge on any atom is 0.130 e. The summed E-state index contributed by atoms with van der Waals surface area (Å²) in [5.74, 6) is 1.60. The van der Waals surface area contributed by atoms with Gasteiger partial charge in [-0.25, -0.2) is 0 Å². The topological polar surface area (TPSA) is 63.6 Å². The minimum atomic E-state index is -0.562. The van der Waals surface area contributed by atoms with Gasteiger partial charge in [0, 0.05) is 24.8 Å². The number of rotatable bonds is 8. The van der Waals surface area contributed by atoms with E-state index in [1.807, 2.05) is 36.4 Å². The maximum atomic E-state index is 10.5. The van der Waals surface area contributed by atoms with Crippen molar-refractivity contribution >= 4 is 0 Å². The summed E-state index contributed by atoms with van der Waals surface area (Å²) in [6.45, 7) is 1.64. The summed E-state index contributed by atoms with van der Waals surface area (Å²) in [7, 11) is 1.65. The van der Waals surface area contributed by atoms with E-state index < -0.39 is 5.60 Å². The molecule has 0 radical (unpaired) electrons. The smallest absolute Gasteiger partial charge is 0.130 e. The molecule has 1 fully saturated rings. The third-order valence-corrected chi connectivity index (χ3v) is 4.67. The highest BCUT2D eigenvalue weighted by Gasteiger charge is 2.30. The van der Waals surface area contributed by atoms with Gasteiger partial charge in [0.2, 0.25) is 0 Å². The monoisotopic (exact) mass is 342 g/mol. The van der Waals surface area contributed by atoms with Crippen LogP contribution in [0.1, 0.15) is 36.9 Å². The van der Waals surface area contributed by atoms with Crippen LogP contribution in [0.5, 0.6) is 11.5 Å². The molecular formula is C20H26N2O3. The van der Waals surface area contributed by atoms with E-state index in [1.165, 1.54) is 0 Å². The van der Waals surface area contributed by atoms with Crippen LogP contribution in [0.25, 0.3) is 0 Å². The van der Waals surface area contributed by atoms with Crippen molar-refractivity contribution in [1.82, 2.24) is 10.3 Å². The zero-order valence-corrected chi connectivity index (χ0v) is 14.7. The van der Waals surface area contributed by atoms with Crippen molar-refractivity contribution in [2.24, 2.45) is 0 Å². The lowest BCUT2D eigenvalue weighted by Gasteiger charge is -2.23. The van der Waals surface area contributed by atoms with Crippen molar-refractivity contribution in [2.75, 3.05) is 13.7 Å². The Morgan fingerprint density at radius 3 is 2.76 bits per heavy atom. The van der Waals surface area contributed by atoms with Gasteiger partial charge in [0.05, 0.1) is 18.4 Å². The van der Waals surface area contributed by atoms with E-state index in [-0.39, 0.29) is 0 Å². The van der Waals surface area contributed by atoms with Gasteiger partial charge < -0.3 is 19.9 Å². The van der Waals surface area contributed by atoms with Crippen LogP contribution >= 0.6 is 0 Å². The minimum Gasteiger partial charge on any atom is -0.497 e. The molecule has 5 heteroatoms. The normalized spacial score (nSPS) is 15.9. The summed E-state index contributed by atoms with van der Waals surface area (Å²) >= 11 is 0. The number of pyridine rings is 1. The van der Waals surface area contributed by atoms with Crippen molar-refractivity contribution in [1.29, 1.82) is 0 Å². The first-order valence-electron chi connectivity index (χ1n) is 8.81. The fourth-order valence-corrected chi connectivity index (χ4v) is 3.24. The van der Waals surface area contributed by atoms with E-state index >= 15 is 0 Å². The number of aliphatic hydroxyl groups is 1. The second kappa shape index (κ2) is 8.32. The Morgan fingerprint density at radius 2 is 2.04 bits per heavy atom. The summed E-state index contributed by atoms with van der Waals surface area (Å²) < 4.78 is 11.3. The standard InChI is InChI=1S/C20H26N2O3/c1-24-18-7-8-19(25-14-17-6-2-5-11-22-17)16(12-18)13-21-15-20(23)9-3-4-10-20/h2,5-8,11-12,21,23H,3-4,9-10,13-15H2,1H3. The molecule has 1 aromatic carbocycles. The lowest BCUT2D eigenvalue weighted by molar-refractivity contribution is 0.0474. The van der Waals surface area contributed by atoms with Crippen LogP contribution in [0, 0.1) is 0 Å². The van der Waals surface area contributed by atoms with E-state index in [0.29, 0.717) is 19.7 Å². The van der Waals surface area contributed by atoms with E-state index in [9.17, 15) is 5.11 Å². The molecule has 0 atom stereocenters. The maximum absolute atomic E-state index is 10.5. The Bertz CT molecular complexity index is 670. The summed E-state index contributed by atoms with van der Waals surface area (Å²) in [4.78, 5) is 4.28. The molecule has 5 nitrogen and oxygen atoms in total. The summed E-state index contributed by atoms with van der Waals surface area (Å²) in [6, 6.07) is 11.6. The van der Waals surface area contributed by atoms with Gasteiger partial charge >= 0.3 is 0 Å². The summed E-state index contributed by atoms with van der Waals surface area (Å²) in [5.41, 5.74) is 1.34. The molecule has 1 aromatic heterocycles. The zero-order valence-electron chi connectivity index (χ0n) is 14.7. The van der Waals surface area contributed by atoms with E-state index in [1.54, 1.807) is 13.3 Å². The van der Waals surface area contributed by atoms with Crippen molar-refractivity contribution in [3.8, 4) is 11.5 Å². The van der Waals surface area contributed by atoms with Gasteiger partial charge in [0.15, 0.2) is 0 Å². The predicted octanol–water partition coefficient (Wildman–Crippen LogP) is 3.06. The first-order valence-corrected chi connectivity index (χ1v) is 8.81. The van der Waals surface area contributed by atoms with Crippen LogP contribution in [0.4, 0.5) is 0 Å². The van der Waals surface area contributed by atoms with Crippen molar-refractivity contribution in [3.05, 3.63) is 53.9 Å². The molecule has 1 aliphatic carbocycles. The number of ether oxygens (including phenoxy) is 2. The Morgan fingerprint density at radius 1 is 1.20 bits per heavy atom. The van der Waals surface area contributed by atoms with E-state index in [4.69, 9.17) is 9.47 Å². The minimum absolute atomic E-state index is 0.421. The van der Waals surface area contributed by atoms with E-state index in [2.05, 4.69) is 10.3 Å². The Labute approximate surface area is 149 Å². The van der Waals surface area contributed by atoms with E-state index in [0.717, 1.165) is 48.4 Å². The number of aromatic nitrogens is 1. The highest BCUT2D eigenvalue weighted by Crippen LogP contribution is 2.29. The molecule has 0 bridgehead atoms. The third kappa shape index (κ3) is 4.94. The first-order chi connectivity index (χ1) is 12.2. The molecule has 2 N–H and O–H groups in total. The van der Waals surface area contributed by atoms with Crippen LogP contribution < -0.4 is 14.8 Å². The number of nitrogens with zero attached hydrogens (tertiary/aromatic N) is 1. The number of hydrogen-bond acceptors (Lipinski definition) is 5. The molecule has 25 heavy (non-hydrogen) atoms. The number of benzene rings is 1. The number of methoxy groups -OCH3 is 1. The quantitative estimate of drug-likeness (QED) is 0.772.